The summed E-state index contributed by atoms with van der Waals surface area (Å²) < 4.78 is 41.4. The van der Waals surface area contributed by atoms with Gasteiger partial charge < -0.3 is 52.6 Å². The summed E-state index contributed by atoms with van der Waals surface area (Å²) in [6, 6.07) is 5.81. The molecule has 0 aliphatic rings. The second-order valence-electron chi connectivity index (χ2n) is 12.7. The number of carboxylic acid groups (broad SMARTS) is 1. The van der Waals surface area contributed by atoms with Crippen LogP contribution in [-0.4, -0.2) is 101 Å². The first kappa shape index (κ1) is 43.3. The molecular weight excluding hydrogens is 748 g/mol. The van der Waals surface area contributed by atoms with Crippen molar-refractivity contribution >= 4 is 46.8 Å². The molecule has 11 N–H and O–H groups in total. The number of rotatable bonds is 22. The number of aryl methyl sites for hydroxylation is 1. The van der Waals surface area contributed by atoms with E-state index >= 15 is 0 Å². The maximum absolute atomic E-state index is 14.9. The Kier molecular flexibility index (Phi) is 16.0. The third-order valence-electron chi connectivity index (χ3n) is 8.68. The van der Waals surface area contributed by atoms with Crippen molar-refractivity contribution in [3.63, 3.8) is 0 Å². The number of methoxy groups -OCH3 is 1. The number of nitrogens with one attached hydrogen (secondary N) is 6. The summed E-state index contributed by atoms with van der Waals surface area (Å²) in [5.74, 6) is -4.81. The zero-order chi connectivity index (χ0) is 41.5. The Bertz CT molecular complexity index is 2060. The summed E-state index contributed by atoms with van der Waals surface area (Å²) in [5, 5.41) is 30.1. The maximum Gasteiger partial charge on any atom is 0.320 e. The minimum Gasteiger partial charge on any atom is -0.494 e. The Hall–Kier alpha value is -6.41. The lowest BCUT2D eigenvalue weighted by Crippen LogP contribution is -2.48. The van der Waals surface area contributed by atoms with Crippen LogP contribution in [-0.2, 0) is 25.5 Å². The molecule has 0 radical (unpaired) electrons. The van der Waals surface area contributed by atoms with Gasteiger partial charge >= 0.3 is 5.97 Å². The van der Waals surface area contributed by atoms with E-state index in [4.69, 9.17) is 31.5 Å². The van der Waals surface area contributed by atoms with E-state index in [-0.39, 0.29) is 68.7 Å². The van der Waals surface area contributed by atoms with Gasteiger partial charge in [-0.05, 0) is 61.6 Å². The average Bonchev–Trinajstić information content (AvgIpc) is 3.63. The third-order valence-corrected chi connectivity index (χ3v) is 8.68. The number of carbonyl (C=O) groups is 4. The summed E-state index contributed by atoms with van der Waals surface area (Å²) in [5.41, 5.74) is 13.3. The molecule has 20 heteroatoms. The predicted octanol–water partition coefficient (Wildman–Crippen LogP) is 1.79. The van der Waals surface area contributed by atoms with Gasteiger partial charge in [0.25, 0.3) is 5.91 Å². The molecule has 2 atom stereocenters. The normalized spacial score (nSPS) is 12.0. The number of imidazole rings is 1. The van der Waals surface area contributed by atoms with Crippen molar-refractivity contribution in [1.29, 1.82) is 5.41 Å². The number of carboxylic acids is 1. The Balaban J connectivity index is 1.26. The first-order valence-corrected chi connectivity index (χ1v) is 18.1. The molecule has 0 aliphatic carbocycles. The van der Waals surface area contributed by atoms with Crippen LogP contribution in [0.15, 0.2) is 48.9 Å². The van der Waals surface area contributed by atoms with Gasteiger partial charge in [-0.3, -0.25) is 29.0 Å². The minimum absolute atomic E-state index is 0.00253. The molecule has 4 aromatic rings. The second kappa shape index (κ2) is 21.0. The zero-order valence-electron chi connectivity index (χ0n) is 31.5. The third kappa shape index (κ3) is 12.0. The number of nitrogens with zero attached hydrogens (tertiary/aromatic N) is 3. The summed E-state index contributed by atoms with van der Waals surface area (Å²) in [7, 11) is 1.25. The van der Waals surface area contributed by atoms with E-state index in [9.17, 15) is 28.0 Å². The lowest BCUT2D eigenvalue weighted by atomic mass is 10.0. The molecule has 2 heterocycles. The summed E-state index contributed by atoms with van der Waals surface area (Å²) in [6.07, 6.45) is 5.39. The van der Waals surface area contributed by atoms with Gasteiger partial charge in [0, 0.05) is 55.3 Å². The number of halogens is 2. The lowest BCUT2D eigenvalue weighted by Gasteiger charge is -2.19. The number of anilines is 2. The van der Waals surface area contributed by atoms with Crippen LogP contribution in [0.25, 0.3) is 16.9 Å². The van der Waals surface area contributed by atoms with E-state index in [0.717, 1.165) is 5.56 Å². The van der Waals surface area contributed by atoms with Crippen LogP contribution < -0.4 is 42.8 Å². The fraction of sp³-hybridized carbons (Fsp3) is 0.378. The number of aromatic nitrogens is 3. The number of nitrogens with two attached hydrogens (primary N) is 2. The van der Waals surface area contributed by atoms with Gasteiger partial charge in [-0.2, -0.15) is 4.39 Å². The van der Waals surface area contributed by atoms with Crippen LogP contribution in [0.2, 0.25) is 0 Å². The molecule has 0 fully saturated rings. The van der Waals surface area contributed by atoms with Crippen molar-refractivity contribution in [3.05, 3.63) is 71.7 Å². The fourth-order valence-corrected chi connectivity index (χ4v) is 5.69. The van der Waals surface area contributed by atoms with E-state index in [1.54, 1.807) is 22.7 Å². The number of fused-ring (bicyclic) bond motifs is 1. The van der Waals surface area contributed by atoms with Crippen molar-refractivity contribution < 1.29 is 42.5 Å². The Morgan fingerprint density at radius 3 is 2.46 bits per heavy atom. The fourth-order valence-electron chi connectivity index (χ4n) is 5.69. The number of aliphatic carboxylic acids is 1. The van der Waals surface area contributed by atoms with Crippen LogP contribution >= 0.6 is 0 Å². The first-order chi connectivity index (χ1) is 27.3. The number of ether oxygens (including phenoxy) is 2. The highest BCUT2D eigenvalue weighted by Crippen LogP contribution is 2.31. The van der Waals surface area contributed by atoms with Gasteiger partial charge in [-0.1, -0.05) is 6.92 Å². The highest BCUT2D eigenvalue weighted by Gasteiger charge is 2.22. The SMILES string of the molecule is CCc1cc(Nc2nccn3c(-c4ccc(OC)c(F)c4F)cnc23)ccc1C(=O)NCCOCCNC(=O)[C@H](CCCNC(=N)N)NC(=O)CC[C@H](N)C(=O)O. The molecule has 0 spiro atoms. The summed E-state index contributed by atoms with van der Waals surface area (Å²) in [4.78, 5) is 58.0. The van der Waals surface area contributed by atoms with Crippen molar-refractivity contribution in [2.45, 2.75) is 51.1 Å². The van der Waals surface area contributed by atoms with Gasteiger partial charge in [0.1, 0.15) is 12.1 Å². The van der Waals surface area contributed by atoms with E-state index in [1.807, 2.05) is 13.0 Å². The van der Waals surface area contributed by atoms with Crippen molar-refractivity contribution in [2.24, 2.45) is 11.5 Å². The molecule has 3 amide bonds. The van der Waals surface area contributed by atoms with Crippen LogP contribution in [0.4, 0.5) is 20.3 Å². The van der Waals surface area contributed by atoms with Gasteiger partial charge in [0.2, 0.25) is 17.6 Å². The highest BCUT2D eigenvalue weighted by atomic mass is 19.2. The first-order valence-electron chi connectivity index (χ1n) is 18.1. The largest absolute Gasteiger partial charge is 0.494 e. The quantitative estimate of drug-likeness (QED) is 0.0312. The molecule has 4 rings (SSSR count). The molecule has 0 saturated carbocycles. The highest BCUT2D eigenvalue weighted by molar-refractivity contribution is 5.96. The zero-order valence-corrected chi connectivity index (χ0v) is 31.5. The summed E-state index contributed by atoms with van der Waals surface area (Å²) in [6.45, 7) is 2.78. The number of carbonyl (C=O) groups excluding carboxylic acids is 3. The molecule has 18 nitrogen and oxygen atoms in total. The lowest BCUT2D eigenvalue weighted by molar-refractivity contribution is -0.139. The number of hydrogen-bond acceptors (Lipinski definition) is 11. The molecule has 0 bridgehead atoms. The van der Waals surface area contributed by atoms with Gasteiger partial charge in [0.05, 0.1) is 32.2 Å². The smallest absolute Gasteiger partial charge is 0.320 e. The Morgan fingerprint density at radius 1 is 1.00 bits per heavy atom. The van der Waals surface area contributed by atoms with E-state index in [1.165, 1.54) is 31.6 Å². The standard InChI is InChI=1S/C37H47F2N11O7/c1-3-21-19-22(48-32-33-47-20-27(50(33)16-13-43-32)24-8-10-28(56-2)31(39)30(24)38)6-7-23(21)34(52)44-14-17-57-18-15-45-35(53)26(5-4-12-46-37(41)42)49-29(51)11-9-25(40)36(54)55/h6-8,10,13,16,19-20,25-26H,3-5,9,11-12,14-15,17-18,40H2,1-2H3,(H,43,48)(H,44,52)(H,45,53)(H,49,51)(H,54,55)(H4,41,42,46)/t25-,26-/m0/s1. The van der Waals surface area contributed by atoms with Gasteiger partial charge in [-0.15, -0.1) is 0 Å². The van der Waals surface area contributed by atoms with Crippen LogP contribution in [0.5, 0.6) is 5.75 Å². The van der Waals surface area contributed by atoms with Crippen LogP contribution in [0.1, 0.15) is 48.5 Å². The molecular formula is C37H47F2N11O7. The predicted molar refractivity (Wildman–Crippen MR) is 206 cm³/mol. The minimum atomic E-state index is -1.23. The molecule has 57 heavy (non-hydrogen) atoms. The number of amides is 3. The van der Waals surface area contributed by atoms with Gasteiger partial charge in [-0.25, -0.2) is 14.4 Å². The molecule has 0 unspecified atom stereocenters. The molecule has 0 aliphatic heterocycles. The molecule has 2 aromatic carbocycles. The van der Waals surface area contributed by atoms with Crippen LogP contribution in [0.3, 0.4) is 0 Å². The van der Waals surface area contributed by atoms with E-state index < -0.39 is 41.5 Å². The Morgan fingerprint density at radius 2 is 1.75 bits per heavy atom. The van der Waals surface area contributed by atoms with E-state index in [2.05, 4.69) is 36.6 Å². The van der Waals surface area contributed by atoms with E-state index in [0.29, 0.717) is 47.8 Å². The van der Waals surface area contributed by atoms with Gasteiger partial charge in [0.15, 0.2) is 29.0 Å². The molecule has 306 valence electrons. The molecule has 2 aromatic heterocycles. The maximum atomic E-state index is 14.9. The number of guanidine groups is 1. The van der Waals surface area contributed by atoms with Crippen molar-refractivity contribution in [1.82, 2.24) is 35.6 Å². The number of benzene rings is 2. The molecule has 0 saturated heterocycles. The van der Waals surface area contributed by atoms with Crippen LogP contribution in [0, 0.1) is 17.0 Å². The summed E-state index contributed by atoms with van der Waals surface area (Å²) >= 11 is 0. The topological polar surface area (TPSA) is 273 Å². The average molecular weight is 796 g/mol. The van der Waals surface area contributed by atoms with Crippen molar-refractivity contribution in [3.8, 4) is 17.0 Å². The Labute approximate surface area is 326 Å². The van der Waals surface area contributed by atoms with Crippen molar-refractivity contribution in [2.75, 3.05) is 45.3 Å². The monoisotopic (exact) mass is 795 g/mol. The second-order valence-corrected chi connectivity index (χ2v) is 12.7. The number of hydrogen-bond donors (Lipinski definition) is 9.